The Labute approximate surface area is 125 Å². The van der Waals surface area contributed by atoms with Crippen molar-refractivity contribution in [3.63, 3.8) is 0 Å². The molecule has 0 aromatic carbocycles. The Balaban J connectivity index is 1.89. The highest BCUT2D eigenvalue weighted by molar-refractivity contribution is 7.09. The van der Waals surface area contributed by atoms with Crippen LogP contribution in [0.2, 0.25) is 0 Å². The lowest BCUT2D eigenvalue weighted by molar-refractivity contribution is -0.121. The van der Waals surface area contributed by atoms with Crippen LogP contribution in [0.4, 0.5) is 0 Å². The molecule has 0 bridgehead atoms. The van der Waals surface area contributed by atoms with Crippen molar-refractivity contribution in [3.8, 4) is 0 Å². The number of hydrogen-bond donors (Lipinski definition) is 2. The van der Waals surface area contributed by atoms with Crippen LogP contribution in [0.15, 0.2) is 17.5 Å². The molecule has 21 heavy (non-hydrogen) atoms. The Kier molecular flexibility index (Phi) is 5.04. The van der Waals surface area contributed by atoms with E-state index in [9.17, 15) is 9.59 Å². The van der Waals surface area contributed by atoms with Crippen molar-refractivity contribution in [2.75, 3.05) is 6.54 Å². The van der Waals surface area contributed by atoms with Crippen LogP contribution in [0.5, 0.6) is 0 Å². The molecule has 2 rings (SSSR count). The lowest BCUT2D eigenvalue weighted by atomic mass is 10.2. The standard InChI is InChI=1S/C13H16N4O3S/c1-2-10-12(13(19)20)15-16-17(10)8-11(18)14-6-5-9-4-3-7-21-9/h3-4,7H,2,5-6,8H2,1H3,(H,14,18)(H,19,20). The maximum Gasteiger partial charge on any atom is 0.358 e. The molecule has 8 heteroatoms. The summed E-state index contributed by atoms with van der Waals surface area (Å²) >= 11 is 1.65. The summed E-state index contributed by atoms with van der Waals surface area (Å²) in [4.78, 5) is 24.0. The number of carbonyl (C=O) groups excluding carboxylic acids is 1. The smallest absolute Gasteiger partial charge is 0.358 e. The summed E-state index contributed by atoms with van der Waals surface area (Å²) < 4.78 is 1.34. The number of amides is 1. The average Bonchev–Trinajstić information content (AvgIpc) is 3.07. The Bertz CT molecular complexity index is 621. The number of aromatic carboxylic acids is 1. The van der Waals surface area contributed by atoms with E-state index in [0.717, 1.165) is 6.42 Å². The molecule has 2 aromatic heterocycles. The maximum atomic E-state index is 11.8. The summed E-state index contributed by atoms with van der Waals surface area (Å²) in [5.41, 5.74) is 0.361. The molecule has 1 amide bonds. The molecule has 7 nitrogen and oxygen atoms in total. The Morgan fingerprint density at radius 2 is 2.29 bits per heavy atom. The molecule has 0 fully saturated rings. The second kappa shape index (κ2) is 6.98. The van der Waals surface area contributed by atoms with E-state index in [4.69, 9.17) is 5.11 Å². The van der Waals surface area contributed by atoms with Crippen molar-refractivity contribution >= 4 is 23.2 Å². The van der Waals surface area contributed by atoms with Crippen LogP contribution in [0.1, 0.15) is 28.0 Å². The minimum absolute atomic E-state index is 0.0199. The van der Waals surface area contributed by atoms with Crippen LogP contribution in [-0.4, -0.2) is 38.5 Å². The lowest BCUT2D eigenvalue weighted by Crippen LogP contribution is -2.30. The first kappa shape index (κ1) is 15.2. The number of aromatic nitrogens is 3. The van der Waals surface area contributed by atoms with Gasteiger partial charge in [-0.25, -0.2) is 9.48 Å². The molecular weight excluding hydrogens is 292 g/mol. The fraction of sp³-hybridized carbons (Fsp3) is 0.385. The van der Waals surface area contributed by atoms with Crippen LogP contribution in [0, 0.1) is 0 Å². The predicted octanol–water partition coefficient (Wildman–Crippen LogP) is 0.959. The SMILES string of the molecule is CCc1c(C(=O)O)nnn1CC(=O)NCCc1cccs1. The first-order chi connectivity index (χ1) is 10.1. The molecule has 112 valence electrons. The van der Waals surface area contributed by atoms with E-state index < -0.39 is 5.97 Å². The lowest BCUT2D eigenvalue weighted by Gasteiger charge is -2.06. The molecule has 0 aliphatic heterocycles. The quantitative estimate of drug-likeness (QED) is 0.794. The molecule has 0 saturated heterocycles. The van der Waals surface area contributed by atoms with E-state index in [2.05, 4.69) is 15.6 Å². The topological polar surface area (TPSA) is 97.1 Å². The Morgan fingerprint density at radius 3 is 2.90 bits per heavy atom. The molecule has 0 spiro atoms. The fourth-order valence-corrected chi connectivity index (χ4v) is 2.66. The zero-order chi connectivity index (χ0) is 15.2. The van der Waals surface area contributed by atoms with Gasteiger partial charge in [0.2, 0.25) is 5.91 Å². The highest BCUT2D eigenvalue weighted by Gasteiger charge is 2.18. The van der Waals surface area contributed by atoms with Gasteiger partial charge in [-0.2, -0.15) is 0 Å². The van der Waals surface area contributed by atoms with Crippen LogP contribution in [0.3, 0.4) is 0 Å². The van der Waals surface area contributed by atoms with Gasteiger partial charge >= 0.3 is 5.97 Å². The van der Waals surface area contributed by atoms with Crippen molar-refractivity contribution in [2.45, 2.75) is 26.3 Å². The van der Waals surface area contributed by atoms with Crippen molar-refractivity contribution in [2.24, 2.45) is 0 Å². The third-order valence-electron chi connectivity index (χ3n) is 2.94. The molecule has 0 aliphatic rings. The zero-order valence-electron chi connectivity index (χ0n) is 11.6. The van der Waals surface area contributed by atoms with Crippen molar-refractivity contribution in [3.05, 3.63) is 33.8 Å². The highest BCUT2D eigenvalue weighted by atomic mass is 32.1. The molecule has 0 aliphatic carbocycles. The van der Waals surface area contributed by atoms with Crippen LogP contribution in [0.25, 0.3) is 0 Å². The number of nitrogens with one attached hydrogen (secondary N) is 1. The summed E-state index contributed by atoms with van der Waals surface area (Å²) in [6.45, 7) is 2.32. The summed E-state index contributed by atoms with van der Waals surface area (Å²) in [7, 11) is 0. The fourth-order valence-electron chi connectivity index (χ4n) is 1.95. The van der Waals surface area contributed by atoms with Crippen LogP contribution < -0.4 is 5.32 Å². The van der Waals surface area contributed by atoms with E-state index >= 15 is 0 Å². The Morgan fingerprint density at radius 1 is 1.48 bits per heavy atom. The summed E-state index contributed by atoms with van der Waals surface area (Å²) in [5.74, 6) is -1.33. The number of thiophene rings is 1. The number of nitrogens with zero attached hydrogens (tertiary/aromatic N) is 3. The molecule has 0 saturated carbocycles. The van der Waals surface area contributed by atoms with Gasteiger partial charge in [0.1, 0.15) is 6.54 Å². The average molecular weight is 308 g/mol. The van der Waals surface area contributed by atoms with Crippen LogP contribution >= 0.6 is 11.3 Å². The number of carboxylic acids is 1. The molecule has 0 unspecified atom stereocenters. The number of rotatable bonds is 7. The van der Waals surface area contributed by atoms with Crippen molar-refractivity contribution in [1.82, 2.24) is 20.3 Å². The number of carbonyl (C=O) groups is 2. The third-order valence-corrected chi connectivity index (χ3v) is 3.88. The summed E-state index contributed by atoms with van der Waals surface area (Å²) in [6.07, 6.45) is 1.24. The van der Waals surface area contributed by atoms with Gasteiger partial charge in [-0.3, -0.25) is 4.79 Å². The maximum absolute atomic E-state index is 11.8. The highest BCUT2D eigenvalue weighted by Crippen LogP contribution is 2.08. The molecule has 2 N–H and O–H groups in total. The molecular formula is C13H16N4O3S. The molecule has 2 heterocycles. The van der Waals surface area contributed by atoms with Crippen molar-refractivity contribution < 1.29 is 14.7 Å². The van der Waals surface area contributed by atoms with E-state index in [0.29, 0.717) is 18.7 Å². The van der Waals surface area contributed by atoms with Gasteiger partial charge in [0.15, 0.2) is 5.69 Å². The predicted molar refractivity (Wildman–Crippen MR) is 77.4 cm³/mol. The van der Waals surface area contributed by atoms with Gasteiger partial charge in [-0.15, -0.1) is 16.4 Å². The Hall–Kier alpha value is -2.22. The molecule has 0 radical (unpaired) electrons. The van der Waals surface area contributed by atoms with E-state index in [1.165, 1.54) is 9.56 Å². The van der Waals surface area contributed by atoms with Gasteiger partial charge < -0.3 is 10.4 Å². The second-order valence-corrected chi connectivity index (χ2v) is 5.41. The van der Waals surface area contributed by atoms with Gasteiger partial charge in [0, 0.05) is 11.4 Å². The largest absolute Gasteiger partial charge is 0.476 e. The second-order valence-electron chi connectivity index (χ2n) is 4.38. The zero-order valence-corrected chi connectivity index (χ0v) is 12.4. The normalized spacial score (nSPS) is 10.5. The van der Waals surface area contributed by atoms with Gasteiger partial charge in [0.05, 0.1) is 5.69 Å². The summed E-state index contributed by atoms with van der Waals surface area (Å²) in [6, 6.07) is 3.99. The van der Waals surface area contributed by atoms with Crippen molar-refractivity contribution in [1.29, 1.82) is 0 Å². The van der Waals surface area contributed by atoms with E-state index in [1.807, 2.05) is 17.5 Å². The van der Waals surface area contributed by atoms with Gasteiger partial charge in [0.25, 0.3) is 0 Å². The summed E-state index contributed by atoms with van der Waals surface area (Å²) in [5, 5.41) is 21.1. The minimum atomic E-state index is -1.13. The third kappa shape index (κ3) is 3.88. The monoisotopic (exact) mass is 308 g/mol. The first-order valence-corrected chi connectivity index (χ1v) is 7.44. The molecule has 0 atom stereocenters. The van der Waals surface area contributed by atoms with Crippen LogP contribution in [-0.2, 0) is 24.2 Å². The number of carboxylic acid groups (broad SMARTS) is 1. The number of hydrogen-bond acceptors (Lipinski definition) is 5. The molecule has 2 aromatic rings. The van der Waals surface area contributed by atoms with Gasteiger partial charge in [-0.05, 0) is 24.3 Å². The van der Waals surface area contributed by atoms with Gasteiger partial charge in [-0.1, -0.05) is 18.2 Å². The van der Waals surface area contributed by atoms with E-state index in [-0.39, 0.29) is 18.1 Å². The first-order valence-electron chi connectivity index (χ1n) is 6.56. The minimum Gasteiger partial charge on any atom is -0.476 e. The van der Waals surface area contributed by atoms with E-state index in [1.54, 1.807) is 18.3 Å².